The lowest BCUT2D eigenvalue weighted by Crippen LogP contribution is -2.20. The third kappa shape index (κ3) is 1.86. The molecule has 1 nitrogen and oxygen atoms in total. The topological polar surface area (TPSA) is 9.23 Å². The zero-order chi connectivity index (χ0) is 7.56. The van der Waals surface area contributed by atoms with E-state index < -0.39 is 0 Å². The van der Waals surface area contributed by atoms with E-state index in [4.69, 9.17) is 16.3 Å². The molecule has 0 aromatic heterocycles. The van der Waals surface area contributed by atoms with Crippen molar-refractivity contribution in [1.29, 1.82) is 0 Å². The Morgan fingerprint density at radius 2 is 2.20 bits per heavy atom. The predicted octanol–water partition coefficient (Wildman–Crippen LogP) is 2.29. The van der Waals surface area contributed by atoms with Crippen LogP contribution in [0, 0.1) is 11.8 Å². The molecule has 2 unspecified atom stereocenters. The zero-order valence-electron chi connectivity index (χ0n) is 6.64. The molecule has 60 valence electrons. The van der Waals surface area contributed by atoms with E-state index in [9.17, 15) is 0 Å². The molecule has 0 aliphatic carbocycles. The quantitative estimate of drug-likeness (QED) is 0.567. The summed E-state index contributed by atoms with van der Waals surface area (Å²) < 4.78 is 5.24. The molecule has 1 saturated heterocycles. The Morgan fingerprint density at radius 1 is 1.50 bits per heavy atom. The molecular formula is C8H15ClO. The number of halogens is 1. The van der Waals surface area contributed by atoms with Gasteiger partial charge in [0.15, 0.2) is 0 Å². The van der Waals surface area contributed by atoms with Gasteiger partial charge in [0.1, 0.15) is 0 Å². The van der Waals surface area contributed by atoms with Crippen molar-refractivity contribution in [2.45, 2.75) is 25.6 Å². The summed E-state index contributed by atoms with van der Waals surface area (Å²) in [5, 5.41) is 0.308. The van der Waals surface area contributed by atoms with E-state index in [1.807, 2.05) is 0 Å². The minimum Gasteiger partial charge on any atom is -0.381 e. The van der Waals surface area contributed by atoms with Gasteiger partial charge >= 0.3 is 0 Å². The molecule has 0 bridgehead atoms. The summed E-state index contributed by atoms with van der Waals surface area (Å²) in [6.07, 6.45) is 1.15. The van der Waals surface area contributed by atoms with Crippen molar-refractivity contribution in [3.8, 4) is 0 Å². The molecule has 0 aromatic carbocycles. The Balaban J connectivity index is 2.32. The van der Waals surface area contributed by atoms with Gasteiger partial charge in [-0.15, -0.1) is 11.6 Å². The molecule has 1 heterocycles. The number of ether oxygens (including phenoxy) is 1. The lowest BCUT2D eigenvalue weighted by atomic mass is 9.96. The van der Waals surface area contributed by atoms with E-state index in [1.165, 1.54) is 0 Å². The largest absolute Gasteiger partial charge is 0.381 e. The summed E-state index contributed by atoms with van der Waals surface area (Å²) in [4.78, 5) is 0. The minimum atomic E-state index is 0.308. The minimum absolute atomic E-state index is 0.308. The third-order valence-corrected chi connectivity index (χ3v) is 2.91. The van der Waals surface area contributed by atoms with E-state index >= 15 is 0 Å². The maximum absolute atomic E-state index is 6.14. The van der Waals surface area contributed by atoms with Gasteiger partial charge in [-0.25, -0.2) is 0 Å². The van der Waals surface area contributed by atoms with Crippen molar-refractivity contribution < 1.29 is 4.74 Å². The number of rotatable bonds is 2. The Bertz CT molecular complexity index is 97.4. The highest BCUT2D eigenvalue weighted by Crippen LogP contribution is 2.26. The fraction of sp³-hybridized carbons (Fsp3) is 1.00. The molecule has 0 aromatic rings. The van der Waals surface area contributed by atoms with Crippen LogP contribution in [-0.4, -0.2) is 18.6 Å². The molecule has 0 radical (unpaired) electrons. The molecule has 1 aliphatic heterocycles. The SMILES string of the molecule is CC(C)C(Cl)C1CCOC1. The van der Waals surface area contributed by atoms with Crippen molar-refractivity contribution in [3.05, 3.63) is 0 Å². The lowest BCUT2D eigenvalue weighted by Gasteiger charge is -2.18. The van der Waals surface area contributed by atoms with Crippen molar-refractivity contribution in [1.82, 2.24) is 0 Å². The number of alkyl halides is 1. The summed E-state index contributed by atoms with van der Waals surface area (Å²) in [7, 11) is 0. The first kappa shape index (κ1) is 8.35. The summed E-state index contributed by atoms with van der Waals surface area (Å²) in [6, 6.07) is 0. The van der Waals surface area contributed by atoms with Gasteiger partial charge < -0.3 is 4.74 Å². The van der Waals surface area contributed by atoms with Crippen molar-refractivity contribution in [3.63, 3.8) is 0 Å². The monoisotopic (exact) mass is 162 g/mol. The van der Waals surface area contributed by atoms with Gasteiger partial charge in [-0.1, -0.05) is 13.8 Å². The second-order valence-corrected chi connectivity index (χ2v) is 3.82. The Kier molecular flexibility index (Phi) is 2.99. The molecule has 0 spiro atoms. The third-order valence-electron chi connectivity index (χ3n) is 2.05. The van der Waals surface area contributed by atoms with Gasteiger partial charge in [-0.3, -0.25) is 0 Å². The molecule has 2 atom stereocenters. The second kappa shape index (κ2) is 3.59. The summed E-state index contributed by atoms with van der Waals surface area (Å²) in [5.41, 5.74) is 0. The fourth-order valence-electron chi connectivity index (χ4n) is 1.35. The zero-order valence-corrected chi connectivity index (χ0v) is 7.40. The molecule has 10 heavy (non-hydrogen) atoms. The van der Waals surface area contributed by atoms with E-state index in [-0.39, 0.29) is 0 Å². The van der Waals surface area contributed by atoms with E-state index in [0.717, 1.165) is 19.6 Å². The fourth-order valence-corrected chi connectivity index (χ4v) is 1.55. The Hall–Kier alpha value is 0.250. The molecule has 0 amide bonds. The van der Waals surface area contributed by atoms with Crippen LogP contribution in [0.1, 0.15) is 20.3 Å². The van der Waals surface area contributed by atoms with Gasteiger partial charge in [0.25, 0.3) is 0 Å². The molecule has 1 fully saturated rings. The van der Waals surface area contributed by atoms with Crippen LogP contribution in [-0.2, 0) is 4.74 Å². The molecule has 2 heteroatoms. The molecule has 1 rings (SSSR count). The smallest absolute Gasteiger partial charge is 0.0509 e. The van der Waals surface area contributed by atoms with Crippen LogP contribution in [0.3, 0.4) is 0 Å². The van der Waals surface area contributed by atoms with Gasteiger partial charge in [0.2, 0.25) is 0 Å². The molecule has 0 saturated carbocycles. The van der Waals surface area contributed by atoms with Gasteiger partial charge in [-0.2, -0.15) is 0 Å². The van der Waals surface area contributed by atoms with Crippen LogP contribution in [0.15, 0.2) is 0 Å². The van der Waals surface area contributed by atoms with Gasteiger partial charge in [-0.05, 0) is 12.3 Å². The molecular weight excluding hydrogens is 148 g/mol. The predicted molar refractivity (Wildman–Crippen MR) is 43.4 cm³/mol. The van der Waals surface area contributed by atoms with E-state index in [1.54, 1.807) is 0 Å². The highest BCUT2D eigenvalue weighted by atomic mass is 35.5. The second-order valence-electron chi connectivity index (χ2n) is 3.31. The summed E-state index contributed by atoms with van der Waals surface area (Å²) >= 11 is 6.14. The first-order chi connectivity index (χ1) is 4.72. The van der Waals surface area contributed by atoms with Crippen LogP contribution < -0.4 is 0 Å². The normalized spacial score (nSPS) is 29.4. The van der Waals surface area contributed by atoms with Crippen LogP contribution in [0.4, 0.5) is 0 Å². The summed E-state index contributed by atoms with van der Waals surface area (Å²) in [5.74, 6) is 1.18. The van der Waals surface area contributed by atoms with Crippen molar-refractivity contribution in [2.24, 2.45) is 11.8 Å². The maximum Gasteiger partial charge on any atom is 0.0509 e. The van der Waals surface area contributed by atoms with Crippen LogP contribution in [0.2, 0.25) is 0 Å². The maximum atomic E-state index is 6.14. The summed E-state index contributed by atoms with van der Waals surface area (Å²) in [6.45, 7) is 6.10. The number of hydrogen-bond donors (Lipinski definition) is 0. The Labute approximate surface area is 67.7 Å². The first-order valence-electron chi connectivity index (χ1n) is 3.93. The standard InChI is InChI=1S/C8H15ClO/c1-6(2)8(9)7-3-4-10-5-7/h6-8H,3-5H2,1-2H3. The van der Waals surface area contributed by atoms with Crippen molar-refractivity contribution >= 4 is 11.6 Å². The van der Waals surface area contributed by atoms with Crippen LogP contribution in [0.5, 0.6) is 0 Å². The van der Waals surface area contributed by atoms with E-state index in [2.05, 4.69) is 13.8 Å². The average molecular weight is 163 g/mol. The number of hydrogen-bond acceptors (Lipinski definition) is 1. The average Bonchev–Trinajstić information content (AvgIpc) is 2.36. The van der Waals surface area contributed by atoms with Gasteiger partial charge in [0.05, 0.1) is 6.61 Å². The first-order valence-corrected chi connectivity index (χ1v) is 4.37. The highest BCUT2D eigenvalue weighted by molar-refractivity contribution is 6.21. The van der Waals surface area contributed by atoms with Crippen molar-refractivity contribution in [2.75, 3.05) is 13.2 Å². The molecule has 0 N–H and O–H groups in total. The van der Waals surface area contributed by atoms with Crippen LogP contribution in [0.25, 0.3) is 0 Å². The van der Waals surface area contributed by atoms with E-state index in [0.29, 0.717) is 17.2 Å². The Morgan fingerprint density at radius 3 is 2.60 bits per heavy atom. The van der Waals surface area contributed by atoms with Crippen LogP contribution >= 0.6 is 11.6 Å². The highest BCUT2D eigenvalue weighted by Gasteiger charge is 2.25. The molecule has 1 aliphatic rings. The lowest BCUT2D eigenvalue weighted by molar-refractivity contribution is 0.182. The van der Waals surface area contributed by atoms with Gasteiger partial charge in [0, 0.05) is 17.9 Å².